The zero-order chi connectivity index (χ0) is 23.5. The number of carbonyl (C=O) groups excluding carboxylic acids is 1. The minimum absolute atomic E-state index is 0.121. The molecule has 4 aromatic rings. The minimum Gasteiger partial charge on any atom is -0.466 e. The third-order valence-electron chi connectivity index (χ3n) is 5.43. The summed E-state index contributed by atoms with van der Waals surface area (Å²) in [4.78, 5) is 31.0. The molecule has 0 aliphatic heterocycles. The van der Waals surface area contributed by atoms with Gasteiger partial charge in [0.1, 0.15) is 0 Å². The standard InChI is InChI=1S/C25H26N4O3S/c1-5-32-22(30)15-21-16-33-25(28(21)19-13-11-17(2)12-14-19)26-23-18(3)27(4)29(24(23)31)20-9-7-6-8-10-20/h6-14,16H,5,15H2,1-4H3. The Balaban J connectivity index is 1.90. The molecule has 0 radical (unpaired) electrons. The maximum Gasteiger partial charge on any atom is 0.311 e. The van der Waals surface area contributed by atoms with Crippen LogP contribution < -0.4 is 10.4 Å². The molecule has 4 rings (SSSR count). The first-order valence-corrected chi connectivity index (χ1v) is 11.6. The molecule has 0 amide bonds. The third kappa shape index (κ3) is 4.47. The smallest absolute Gasteiger partial charge is 0.311 e. The van der Waals surface area contributed by atoms with Gasteiger partial charge in [0.15, 0.2) is 10.5 Å². The van der Waals surface area contributed by atoms with Crippen LogP contribution in [-0.2, 0) is 23.0 Å². The summed E-state index contributed by atoms with van der Waals surface area (Å²) in [5, 5.41) is 1.89. The Kier molecular flexibility index (Phi) is 6.46. The van der Waals surface area contributed by atoms with Gasteiger partial charge in [0.05, 0.1) is 24.4 Å². The molecule has 0 bridgehead atoms. The number of hydrogen-bond acceptors (Lipinski definition) is 5. The fraction of sp³-hybridized carbons (Fsp3) is 0.240. The van der Waals surface area contributed by atoms with Crippen LogP contribution in [0.15, 0.2) is 69.8 Å². The van der Waals surface area contributed by atoms with Crippen molar-refractivity contribution in [3.8, 4) is 11.4 Å². The Morgan fingerprint density at radius 3 is 2.39 bits per heavy atom. The normalized spacial score (nSPS) is 11.7. The van der Waals surface area contributed by atoms with E-state index in [-0.39, 0.29) is 17.9 Å². The monoisotopic (exact) mass is 462 g/mol. The molecule has 0 atom stereocenters. The Morgan fingerprint density at radius 1 is 1.03 bits per heavy atom. The van der Waals surface area contributed by atoms with E-state index in [9.17, 15) is 9.59 Å². The maximum absolute atomic E-state index is 13.3. The molecule has 0 saturated heterocycles. The number of hydrogen-bond donors (Lipinski definition) is 0. The van der Waals surface area contributed by atoms with E-state index in [1.54, 1.807) is 16.3 Å². The summed E-state index contributed by atoms with van der Waals surface area (Å²) in [6.07, 6.45) is 0.121. The molecule has 0 unspecified atom stereocenters. The molecule has 0 spiro atoms. The average Bonchev–Trinajstić information content (AvgIpc) is 3.28. The van der Waals surface area contributed by atoms with Gasteiger partial charge in [-0.1, -0.05) is 35.9 Å². The molecule has 0 fully saturated rings. The van der Waals surface area contributed by atoms with Crippen LogP contribution in [0.2, 0.25) is 0 Å². The molecule has 2 heterocycles. The first-order valence-electron chi connectivity index (χ1n) is 10.7. The third-order valence-corrected chi connectivity index (χ3v) is 6.31. The van der Waals surface area contributed by atoms with E-state index in [0.717, 1.165) is 28.3 Å². The van der Waals surface area contributed by atoms with E-state index in [1.807, 2.05) is 85.4 Å². The summed E-state index contributed by atoms with van der Waals surface area (Å²) in [7, 11) is 1.84. The summed E-state index contributed by atoms with van der Waals surface area (Å²) >= 11 is 1.39. The zero-order valence-corrected chi connectivity index (χ0v) is 19.9. The fourth-order valence-corrected chi connectivity index (χ4v) is 4.56. The number of esters is 1. The van der Waals surface area contributed by atoms with Crippen LogP contribution in [0.5, 0.6) is 0 Å². The molecular weight excluding hydrogens is 436 g/mol. The molecule has 7 nitrogen and oxygen atoms in total. The van der Waals surface area contributed by atoms with Crippen LogP contribution in [0.4, 0.5) is 5.69 Å². The summed E-state index contributed by atoms with van der Waals surface area (Å²) in [6, 6.07) is 17.5. The van der Waals surface area contributed by atoms with E-state index in [1.165, 1.54) is 11.3 Å². The lowest BCUT2D eigenvalue weighted by Crippen LogP contribution is -2.20. The Labute approximate surface area is 195 Å². The summed E-state index contributed by atoms with van der Waals surface area (Å²) in [5.74, 6) is -0.301. The second kappa shape index (κ2) is 9.46. The topological polar surface area (TPSA) is 70.5 Å². The van der Waals surface area contributed by atoms with E-state index in [4.69, 9.17) is 9.73 Å². The van der Waals surface area contributed by atoms with Crippen molar-refractivity contribution in [1.82, 2.24) is 13.9 Å². The van der Waals surface area contributed by atoms with Gasteiger partial charge < -0.3 is 4.74 Å². The molecule has 2 aromatic carbocycles. The lowest BCUT2D eigenvalue weighted by atomic mass is 10.2. The SMILES string of the molecule is CCOC(=O)Cc1csc(=Nc2c(C)n(C)n(-c3ccccc3)c2=O)n1-c1ccc(C)cc1. The number of para-hydroxylation sites is 1. The minimum atomic E-state index is -0.301. The van der Waals surface area contributed by atoms with Crippen molar-refractivity contribution in [3.63, 3.8) is 0 Å². The highest BCUT2D eigenvalue weighted by atomic mass is 32.1. The van der Waals surface area contributed by atoms with Crippen molar-refractivity contribution in [2.24, 2.45) is 12.0 Å². The number of benzene rings is 2. The summed E-state index contributed by atoms with van der Waals surface area (Å²) < 4.78 is 10.5. The van der Waals surface area contributed by atoms with Crippen LogP contribution in [0.1, 0.15) is 23.9 Å². The van der Waals surface area contributed by atoms with Gasteiger partial charge in [0, 0.05) is 23.8 Å². The molecule has 0 aliphatic carbocycles. The predicted molar refractivity (Wildman–Crippen MR) is 130 cm³/mol. The van der Waals surface area contributed by atoms with Gasteiger partial charge in [-0.25, -0.2) is 9.67 Å². The zero-order valence-electron chi connectivity index (χ0n) is 19.1. The van der Waals surface area contributed by atoms with Crippen molar-refractivity contribution in [2.75, 3.05) is 6.61 Å². The Hall–Kier alpha value is -3.65. The number of thiazole rings is 1. The van der Waals surface area contributed by atoms with Crippen molar-refractivity contribution in [1.29, 1.82) is 0 Å². The molecule has 0 saturated carbocycles. The Bertz CT molecular complexity index is 1410. The number of nitrogens with zero attached hydrogens (tertiary/aromatic N) is 4. The number of aryl methyl sites for hydroxylation is 1. The molecule has 170 valence electrons. The Morgan fingerprint density at radius 2 is 1.73 bits per heavy atom. The van der Waals surface area contributed by atoms with Gasteiger partial charge in [-0.3, -0.25) is 18.8 Å². The van der Waals surface area contributed by atoms with Crippen molar-refractivity contribution < 1.29 is 9.53 Å². The highest BCUT2D eigenvalue weighted by molar-refractivity contribution is 7.07. The quantitative estimate of drug-likeness (QED) is 0.407. The summed E-state index contributed by atoms with van der Waals surface area (Å²) in [5.41, 5.74) is 4.46. The highest BCUT2D eigenvalue weighted by Crippen LogP contribution is 2.19. The highest BCUT2D eigenvalue weighted by Gasteiger charge is 2.18. The molecular formula is C25H26N4O3S. The van der Waals surface area contributed by atoms with E-state index in [0.29, 0.717) is 17.1 Å². The lowest BCUT2D eigenvalue weighted by Gasteiger charge is -2.09. The molecule has 33 heavy (non-hydrogen) atoms. The number of aromatic nitrogens is 3. The van der Waals surface area contributed by atoms with Crippen LogP contribution in [0, 0.1) is 13.8 Å². The van der Waals surface area contributed by atoms with Crippen molar-refractivity contribution in [3.05, 3.63) is 92.1 Å². The van der Waals surface area contributed by atoms with Crippen LogP contribution in [-0.4, -0.2) is 26.5 Å². The second-order valence-corrected chi connectivity index (χ2v) is 8.52. The maximum atomic E-state index is 13.3. The van der Waals surface area contributed by atoms with Crippen molar-refractivity contribution in [2.45, 2.75) is 27.2 Å². The van der Waals surface area contributed by atoms with Gasteiger partial charge in [0.25, 0.3) is 5.56 Å². The molecule has 2 aromatic heterocycles. The van der Waals surface area contributed by atoms with E-state index >= 15 is 0 Å². The summed E-state index contributed by atoms with van der Waals surface area (Å²) in [6.45, 7) is 6.01. The van der Waals surface area contributed by atoms with Crippen molar-refractivity contribution >= 4 is 23.0 Å². The number of carbonyl (C=O) groups is 1. The van der Waals surface area contributed by atoms with Gasteiger partial charge in [-0.15, -0.1) is 11.3 Å². The predicted octanol–water partition coefficient (Wildman–Crippen LogP) is 3.98. The van der Waals surface area contributed by atoms with Gasteiger partial charge in [-0.2, -0.15) is 0 Å². The second-order valence-electron chi connectivity index (χ2n) is 7.68. The van der Waals surface area contributed by atoms with Crippen LogP contribution in [0.3, 0.4) is 0 Å². The fourth-order valence-electron chi connectivity index (χ4n) is 3.65. The molecule has 8 heteroatoms. The van der Waals surface area contributed by atoms with E-state index < -0.39 is 0 Å². The largest absolute Gasteiger partial charge is 0.466 e. The number of ether oxygens (including phenoxy) is 1. The number of rotatable bonds is 6. The van der Waals surface area contributed by atoms with Crippen LogP contribution in [0.25, 0.3) is 11.4 Å². The first kappa shape index (κ1) is 22.5. The lowest BCUT2D eigenvalue weighted by molar-refractivity contribution is -0.142. The van der Waals surface area contributed by atoms with Gasteiger partial charge in [-0.05, 0) is 45.0 Å². The van der Waals surface area contributed by atoms with E-state index in [2.05, 4.69) is 0 Å². The van der Waals surface area contributed by atoms with Gasteiger partial charge >= 0.3 is 5.97 Å². The first-order chi connectivity index (χ1) is 15.9. The molecule has 0 aliphatic rings. The average molecular weight is 463 g/mol. The molecule has 0 N–H and O–H groups in total. The van der Waals surface area contributed by atoms with Gasteiger partial charge in [0.2, 0.25) is 0 Å². The van der Waals surface area contributed by atoms with Crippen LogP contribution >= 0.6 is 11.3 Å².